The van der Waals surface area contributed by atoms with Crippen molar-refractivity contribution >= 4 is 10.8 Å². The first-order valence-electron chi connectivity index (χ1n) is 6.86. The van der Waals surface area contributed by atoms with Gasteiger partial charge >= 0.3 is 0 Å². The lowest BCUT2D eigenvalue weighted by Gasteiger charge is -2.38. The average Bonchev–Trinajstić information content (AvgIpc) is 2.37. The summed E-state index contributed by atoms with van der Waals surface area (Å²) < 4.78 is 26.0. The molecule has 1 saturated carbocycles. The van der Waals surface area contributed by atoms with Crippen LogP contribution in [0.4, 0.5) is 4.39 Å². The monoisotopic (exact) mass is 283 g/mol. The fraction of sp³-hybridized carbons (Fsp3) is 0.600. The molecule has 106 valence electrons. The Morgan fingerprint density at radius 3 is 2.68 bits per heavy atom. The summed E-state index contributed by atoms with van der Waals surface area (Å²) in [5, 5.41) is 3.35. The van der Waals surface area contributed by atoms with Crippen LogP contribution in [-0.4, -0.2) is 22.5 Å². The van der Waals surface area contributed by atoms with Crippen molar-refractivity contribution in [1.82, 2.24) is 5.32 Å². The summed E-state index contributed by atoms with van der Waals surface area (Å²) in [6, 6.07) is 6.42. The standard InChI is InChI=1S/C15H22FNOS/c1-10-7-11(2)15(14(8-10)17-3)19(18)13-6-4-5-12(16)9-13/h4-6,9-11,14-15,17H,7-8H2,1-3H3. The van der Waals surface area contributed by atoms with Gasteiger partial charge in [-0.15, -0.1) is 0 Å². The minimum absolute atomic E-state index is 0.0583. The Morgan fingerprint density at radius 1 is 1.32 bits per heavy atom. The molecule has 0 bridgehead atoms. The first-order chi connectivity index (χ1) is 9.02. The lowest BCUT2D eigenvalue weighted by Crippen LogP contribution is -2.48. The number of hydrogen-bond acceptors (Lipinski definition) is 2. The smallest absolute Gasteiger partial charge is 0.124 e. The molecule has 0 saturated heterocycles. The number of nitrogens with one attached hydrogen (secondary N) is 1. The molecule has 2 nitrogen and oxygen atoms in total. The van der Waals surface area contributed by atoms with Crippen LogP contribution in [0.25, 0.3) is 0 Å². The van der Waals surface area contributed by atoms with Gasteiger partial charge in [-0.25, -0.2) is 4.39 Å². The van der Waals surface area contributed by atoms with Crippen molar-refractivity contribution in [2.75, 3.05) is 7.05 Å². The third kappa shape index (κ3) is 3.23. The second-order valence-corrected chi connectivity index (χ2v) is 7.28. The Hall–Kier alpha value is -0.740. The summed E-state index contributed by atoms with van der Waals surface area (Å²) in [6.07, 6.45) is 2.12. The lowest BCUT2D eigenvalue weighted by atomic mass is 9.80. The van der Waals surface area contributed by atoms with E-state index in [0.29, 0.717) is 16.7 Å². The maximum Gasteiger partial charge on any atom is 0.124 e. The predicted octanol–water partition coefficient (Wildman–Crippen LogP) is 2.96. The quantitative estimate of drug-likeness (QED) is 0.924. The molecule has 1 aromatic carbocycles. The first kappa shape index (κ1) is 14.7. The molecule has 4 heteroatoms. The van der Waals surface area contributed by atoms with Gasteiger partial charge in [0.05, 0.1) is 16.0 Å². The van der Waals surface area contributed by atoms with Crippen molar-refractivity contribution < 1.29 is 8.60 Å². The predicted molar refractivity (Wildman–Crippen MR) is 77.0 cm³/mol. The van der Waals surface area contributed by atoms with Crippen LogP contribution in [0, 0.1) is 17.7 Å². The largest absolute Gasteiger partial charge is 0.316 e. The molecule has 0 radical (unpaired) electrons. The van der Waals surface area contributed by atoms with Crippen LogP contribution < -0.4 is 5.32 Å². The van der Waals surface area contributed by atoms with E-state index < -0.39 is 10.8 Å². The minimum atomic E-state index is -1.16. The van der Waals surface area contributed by atoms with Gasteiger partial charge in [0, 0.05) is 10.9 Å². The molecule has 0 amide bonds. The highest BCUT2D eigenvalue weighted by Crippen LogP contribution is 2.34. The van der Waals surface area contributed by atoms with Crippen LogP contribution in [0.2, 0.25) is 0 Å². The number of benzene rings is 1. The van der Waals surface area contributed by atoms with Crippen molar-refractivity contribution in [1.29, 1.82) is 0 Å². The molecule has 1 aliphatic carbocycles. The van der Waals surface area contributed by atoms with E-state index in [1.807, 2.05) is 7.05 Å². The van der Waals surface area contributed by atoms with Gasteiger partial charge in [-0.05, 0) is 49.9 Å². The molecule has 0 aromatic heterocycles. The zero-order valence-corrected chi connectivity index (χ0v) is 12.5. The van der Waals surface area contributed by atoms with E-state index in [9.17, 15) is 8.60 Å². The van der Waals surface area contributed by atoms with Crippen LogP contribution in [0.3, 0.4) is 0 Å². The zero-order chi connectivity index (χ0) is 14.0. The maximum atomic E-state index is 13.3. The Morgan fingerprint density at radius 2 is 2.05 bits per heavy atom. The maximum absolute atomic E-state index is 13.3. The third-order valence-corrected chi connectivity index (χ3v) is 6.04. The summed E-state index contributed by atoms with van der Waals surface area (Å²) in [6.45, 7) is 4.39. The van der Waals surface area contributed by atoms with E-state index >= 15 is 0 Å². The molecule has 5 unspecified atom stereocenters. The van der Waals surface area contributed by atoms with Crippen LogP contribution in [0.5, 0.6) is 0 Å². The molecule has 5 atom stereocenters. The van der Waals surface area contributed by atoms with Gasteiger partial charge in [-0.1, -0.05) is 19.9 Å². The van der Waals surface area contributed by atoms with E-state index in [-0.39, 0.29) is 17.1 Å². The first-order valence-corrected chi connectivity index (χ1v) is 8.07. The van der Waals surface area contributed by atoms with Gasteiger partial charge < -0.3 is 5.32 Å². The highest BCUT2D eigenvalue weighted by Gasteiger charge is 2.37. The number of halogens is 1. The van der Waals surface area contributed by atoms with Gasteiger partial charge in [-0.3, -0.25) is 4.21 Å². The average molecular weight is 283 g/mol. The van der Waals surface area contributed by atoms with Gasteiger partial charge in [0.25, 0.3) is 0 Å². The molecule has 0 aliphatic heterocycles. The highest BCUT2D eigenvalue weighted by molar-refractivity contribution is 7.85. The van der Waals surface area contributed by atoms with Crippen molar-refractivity contribution in [2.45, 2.75) is 42.9 Å². The molecule has 1 aromatic rings. The van der Waals surface area contributed by atoms with E-state index in [4.69, 9.17) is 0 Å². The normalized spacial score (nSPS) is 33.1. The van der Waals surface area contributed by atoms with Crippen molar-refractivity contribution in [3.05, 3.63) is 30.1 Å². The van der Waals surface area contributed by atoms with Gasteiger partial charge in [0.1, 0.15) is 5.82 Å². The molecule has 0 heterocycles. The third-order valence-electron chi connectivity index (χ3n) is 4.03. The Bertz CT molecular complexity index is 465. The Labute approximate surface area is 117 Å². The summed E-state index contributed by atoms with van der Waals surface area (Å²) in [5.41, 5.74) is 0. The fourth-order valence-corrected chi connectivity index (χ4v) is 5.06. The molecule has 1 aliphatic rings. The number of hydrogen-bond donors (Lipinski definition) is 1. The van der Waals surface area contributed by atoms with E-state index in [0.717, 1.165) is 12.8 Å². The van der Waals surface area contributed by atoms with Gasteiger partial charge in [0.15, 0.2) is 0 Å². The second kappa shape index (κ2) is 6.14. The molecular formula is C15H22FNOS. The molecule has 2 rings (SSSR count). The van der Waals surface area contributed by atoms with Crippen LogP contribution >= 0.6 is 0 Å². The van der Waals surface area contributed by atoms with Crippen LogP contribution in [0.1, 0.15) is 26.7 Å². The van der Waals surface area contributed by atoms with Crippen molar-refractivity contribution in [3.63, 3.8) is 0 Å². The van der Waals surface area contributed by atoms with E-state index in [2.05, 4.69) is 19.2 Å². The van der Waals surface area contributed by atoms with E-state index in [1.165, 1.54) is 12.1 Å². The summed E-state index contributed by atoms with van der Waals surface area (Å²) >= 11 is 0. The molecular weight excluding hydrogens is 261 g/mol. The van der Waals surface area contributed by atoms with Crippen LogP contribution in [0.15, 0.2) is 29.2 Å². The van der Waals surface area contributed by atoms with Gasteiger partial charge in [0.2, 0.25) is 0 Å². The topological polar surface area (TPSA) is 29.1 Å². The summed E-state index contributed by atoms with van der Waals surface area (Å²) in [4.78, 5) is 0.603. The van der Waals surface area contributed by atoms with E-state index in [1.54, 1.807) is 12.1 Å². The molecule has 19 heavy (non-hydrogen) atoms. The molecule has 1 fully saturated rings. The molecule has 0 spiro atoms. The second-order valence-electron chi connectivity index (χ2n) is 5.67. The lowest BCUT2D eigenvalue weighted by molar-refractivity contribution is 0.253. The van der Waals surface area contributed by atoms with Crippen molar-refractivity contribution in [3.8, 4) is 0 Å². The summed E-state index contributed by atoms with van der Waals surface area (Å²) in [7, 11) is 0.764. The summed E-state index contributed by atoms with van der Waals surface area (Å²) in [5.74, 6) is 0.710. The number of rotatable bonds is 3. The van der Waals surface area contributed by atoms with Crippen molar-refractivity contribution in [2.24, 2.45) is 11.8 Å². The minimum Gasteiger partial charge on any atom is -0.316 e. The molecule has 1 N–H and O–H groups in total. The Balaban J connectivity index is 2.25. The fourth-order valence-electron chi connectivity index (χ4n) is 3.22. The van der Waals surface area contributed by atoms with Crippen LogP contribution in [-0.2, 0) is 10.8 Å². The van der Waals surface area contributed by atoms with Gasteiger partial charge in [-0.2, -0.15) is 0 Å². The SMILES string of the molecule is CNC1CC(C)CC(C)C1S(=O)c1cccc(F)c1. The highest BCUT2D eigenvalue weighted by atomic mass is 32.2. The Kier molecular flexibility index (Phi) is 4.74. The zero-order valence-electron chi connectivity index (χ0n) is 11.7.